The lowest BCUT2D eigenvalue weighted by molar-refractivity contribution is 0.0991. The van der Waals surface area contributed by atoms with Gasteiger partial charge < -0.3 is 4.42 Å². The fraction of sp³-hybridized carbons (Fsp3) is 0.333. The van der Waals surface area contributed by atoms with E-state index in [2.05, 4.69) is 29.4 Å². The molecule has 0 spiro atoms. The Hall–Kier alpha value is -2.49. The molecule has 1 aliphatic rings. The summed E-state index contributed by atoms with van der Waals surface area (Å²) in [5.74, 6) is -0.591. The monoisotopic (exact) mass is 445 g/mol. The number of amides is 1. The van der Waals surface area contributed by atoms with Gasteiger partial charge in [0.2, 0.25) is 5.09 Å². The number of hydrogen-bond donors (Lipinski definition) is 1. The first kappa shape index (κ1) is 20.8. The molecule has 0 bridgehead atoms. The second-order valence-electron chi connectivity index (χ2n) is 7.13. The zero-order valence-corrected chi connectivity index (χ0v) is 18.3. The summed E-state index contributed by atoms with van der Waals surface area (Å²) >= 11 is 1.30. The molecule has 0 saturated carbocycles. The van der Waals surface area contributed by atoms with Crippen molar-refractivity contribution in [3.05, 3.63) is 53.1 Å². The maximum Gasteiger partial charge on any atom is 0.293 e. The number of aryl methyl sites for hydroxylation is 1. The molecule has 1 fully saturated rings. The summed E-state index contributed by atoms with van der Waals surface area (Å²) in [5, 5.41) is 4.77. The van der Waals surface area contributed by atoms with Gasteiger partial charge in [0.15, 0.2) is 10.9 Å². The van der Waals surface area contributed by atoms with Crippen LogP contribution in [0.4, 0.5) is 5.13 Å². The first-order valence-electron chi connectivity index (χ1n) is 9.93. The largest absolute Gasteiger partial charge is 0.438 e. The number of carbonyl (C=O) groups is 1. The molecule has 7 nitrogen and oxygen atoms in total. The van der Waals surface area contributed by atoms with Crippen molar-refractivity contribution in [3.63, 3.8) is 0 Å². The average molecular weight is 446 g/mol. The number of hydrogen-bond acceptors (Lipinski definition) is 6. The first-order chi connectivity index (χ1) is 14.5. The number of anilines is 1. The summed E-state index contributed by atoms with van der Waals surface area (Å²) in [6, 6.07) is 10.8. The van der Waals surface area contributed by atoms with Crippen molar-refractivity contribution >= 4 is 32.4 Å². The van der Waals surface area contributed by atoms with Gasteiger partial charge in [-0.25, -0.2) is 13.4 Å². The van der Waals surface area contributed by atoms with E-state index in [1.807, 2.05) is 17.5 Å². The standard InChI is InChI=1S/C21H23N3O4S2/c1-2-15-6-8-16(9-7-15)17-14-29-21(22-17)23-20(25)18-10-11-19(28-18)30(26,27)24-12-4-3-5-13-24/h6-11,14H,2-5,12-13H2,1H3,(H,22,23,25). The third-order valence-corrected chi connectivity index (χ3v) is 7.63. The van der Waals surface area contributed by atoms with E-state index in [0.29, 0.717) is 18.2 Å². The molecule has 1 aromatic carbocycles. The second-order valence-corrected chi connectivity index (χ2v) is 9.85. The fourth-order valence-corrected chi connectivity index (χ4v) is 5.49. The molecule has 0 aliphatic carbocycles. The summed E-state index contributed by atoms with van der Waals surface area (Å²) in [5.41, 5.74) is 2.98. The van der Waals surface area contributed by atoms with Crippen LogP contribution >= 0.6 is 11.3 Å². The van der Waals surface area contributed by atoms with E-state index in [4.69, 9.17) is 4.42 Å². The topological polar surface area (TPSA) is 92.5 Å². The van der Waals surface area contributed by atoms with E-state index >= 15 is 0 Å². The van der Waals surface area contributed by atoms with Gasteiger partial charge in [-0.3, -0.25) is 10.1 Å². The molecular formula is C21H23N3O4S2. The highest BCUT2D eigenvalue weighted by Crippen LogP contribution is 2.27. The van der Waals surface area contributed by atoms with Gasteiger partial charge in [-0.2, -0.15) is 4.31 Å². The Bertz CT molecular complexity index is 1130. The van der Waals surface area contributed by atoms with Crippen LogP contribution in [0.25, 0.3) is 11.3 Å². The number of piperidine rings is 1. The number of carbonyl (C=O) groups excluding carboxylic acids is 1. The number of furan rings is 1. The van der Waals surface area contributed by atoms with E-state index in [0.717, 1.165) is 36.9 Å². The molecule has 1 aliphatic heterocycles. The van der Waals surface area contributed by atoms with Crippen molar-refractivity contribution in [2.75, 3.05) is 18.4 Å². The Morgan fingerprint density at radius 2 is 1.87 bits per heavy atom. The zero-order chi connectivity index (χ0) is 21.1. The van der Waals surface area contributed by atoms with Gasteiger partial charge in [0.05, 0.1) is 5.69 Å². The quantitative estimate of drug-likeness (QED) is 0.607. The molecule has 0 radical (unpaired) electrons. The van der Waals surface area contributed by atoms with Crippen molar-refractivity contribution in [2.45, 2.75) is 37.7 Å². The Balaban J connectivity index is 1.45. The van der Waals surface area contributed by atoms with E-state index in [9.17, 15) is 13.2 Å². The van der Waals surface area contributed by atoms with E-state index in [-0.39, 0.29) is 10.9 Å². The number of nitrogens with zero attached hydrogens (tertiary/aromatic N) is 2. The lowest BCUT2D eigenvalue weighted by Gasteiger charge is -2.24. The van der Waals surface area contributed by atoms with Crippen LogP contribution in [0.3, 0.4) is 0 Å². The van der Waals surface area contributed by atoms with Gasteiger partial charge >= 0.3 is 0 Å². The van der Waals surface area contributed by atoms with Crippen LogP contribution in [0, 0.1) is 0 Å². The molecule has 1 amide bonds. The van der Waals surface area contributed by atoms with Gasteiger partial charge in [0.25, 0.3) is 15.9 Å². The molecule has 30 heavy (non-hydrogen) atoms. The smallest absolute Gasteiger partial charge is 0.293 e. The van der Waals surface area contributed by atoms with E-state index < -0.39 is 15.9 Å². The molecular weight excluding hydrogens is 422 g/mol. The van der Waals surface area contributed by atoms with Crippen molar-refractivity contribution in [1.82, 2.24) is 9.29 Å². The average Bonchev–Trinajstić information content (AvgIpc) is 3.45. The van der Waals surface area contributed by atoms with Crippen LogP contribution < -0.4 is 5.32 Å². The van der Waals surface area contributed by atoms with Crippen LogP contribution in [0.15, 0.2) is 51.3 Å². The summed E-state index contributed by atoms with van der Waals surface area (Å²) < 4.78 is 32.2. The minimum atomic E-state index is -3.71. The minimum absolute atomic E-state index is 0.0605. The highest BCUT2D eigenvalue weighted by molar-refractivity contribution is 7.89. The molecule has 9 heteroatoms. The normalized spacial score (nSPS) is 15.2. The van der Waals surface area contributed by atoms with E-state index in [1.54, 1.807) is 0 Å². The molecule has 0 atom stereocenters. The molecule has 1 N–H and O–H groups in total. The molecule has 4 rings (SSSR count). The van der Waals surface area contributed by atoms with Gasteiger partial charge in [0, 0.05) is 24.0 Å². The number of nitrogens with one attached hydrogen (secondary N) is 1. The van der Waals surface area contributed by atoms with Gasteiger partial charge in [-0.15, -0.1) is 11.3 Å². The SMILES string of the molecule is CCc1ccc(-c2csc(NC(=O)c3ccc(S(=O)(=O)N4CCCCC4)o3)n2)cc1. The third-order valence-electron chi connectivity index (χ3n) is 5.10. The number of aromatic nitrogens is 1. The molecule has 3 aromatic rings. The number of benzene rings is 1. The predicted octanol–water partition coefficient (Wildman–Crippen LogP) is 4.39. The zero-order valence-electron chi connectivity index (χ0n) is 16.6. The lowest BCUT2D eigenvalue weighted by Crippen LogP contribution is -2.35. The summed E-state index contributed by atoms with van der Waals surface area (Å²) in [6.45, 7) is 3.06. The highest BCUT2D eigenvalue weighted by atomic mass is 32.2. The Kier molecular flexibility index (Phi) is 6.03. The summed E-state index contributed by atoms with van der Waals surface area (Å²) in [4.78, 5) is 17.0. The van der Waals surface area contributed by atoms with Crippen molar-refractivity contribution in [3.8, 4) is 11.3 Å². The van der Waals surface area contributed by atoms with Gasteiger partial charge in [-0.05, 0) is 37.0 Å². The van der Waals surface area contributed by atoms with Crippen LogP contribution in [0.2, 0.25) is 0 Å². The lowest BCUT2D eigenvalue weighted by atomic mass is 10.1. The van der Waals surface area contributed by atoms with Crippen LogP contribution in [-0.2, 0) is 16.4 Å². The van der Waals surface area contributed by atoms with Crippen LogP contribution in [-0.4, -0.2) is 36.7 Å². The number of thiazole rings is 1. The maximum absolute atomic E-state index is 12.7. The van der Waals surface area contributed by atoms with Gasteiger partial charge in [0.1, 0.15) is 0 Å². The Morgan fingerprint density at radius 1 is 1.13 bits per heavy atom. The summed E-state index contributed by atoms with van der Waals surface area (Å²) in [6.07, 6.45) is 3.66. The minimum Gasteiger partial charge on any atom is -0.438 e. The summed E-state index contributed by atoms with van der Waals surface area (Å²) in [7, 11) is -3.71. The number of rotatable bonds is 6. The molecule has 3 heterocycles. The van der Waals surface area contributed by atoms with Gasteiger partial charge in [-0.1, -0.05) is 37.6 Å². The van der Waals surface area contributed by atoms with Crippen molar-refractivity contribution < 1.29 is 17.6 Å². The Labute approximate surface area is 179 Å². The van der Waals surface area contributed by atoms with Crippen LogP contribution in [0.5, 0.6) is 0 Å². The molecule has 1 saturated heterocycles. The number of sulfonamides is 1. The first-order valence-corrected chi connectivity index (χ1v) is 12.3. The maximum atomic E-state index is 12.7. The van der Waals surface area contributed by atoms with E-state index in [1.165, 1.54) is 33.3 Å². The van der Waals surface area contributed by atoms with Crippen molar-refractivity contribution in [1.29, 1.82) is 0 Å². The molecule has 2 aromatic heterocycles. The van der Waals surface area contributed by atoms with Crippen molar-refractivity contribution in [2.24, 2.45) is 0 Å². The highest BCUT2D eigenvalue weighted by Gasteiger charge is 2.29. The second kappa shape index (κ2) is 8.71. The third kappa shape index (κ3) is 4.33. The van der Waals surface area contributed by atoms with Crippen LogP contribution in [0.1, 0.15) is 42.3 Å². The molecule has 158 valence electrons. The molecule has 0 unspecified atom stereocenters. The Morgan fingerprint density at radius 3 is 2.57 bits per heavy atom. The fourth-order valence-electron chi connectivity index (χ4n) is 3.35. The predicted molar refractivity (Wildman–Crippen MR) is 116 cm³/mol.